The van der Waals surface area contributed by atoms with Crippen LogP contribution in [0.5, 0.6) is 11.5 Å². The van der Waals surface area contributed by atoms with E-state index in [1.54, 1.807) is 42.5 Å². The van der Waals surface area contributed by atoms with Gasteiger partial charge in [0.2, 0.25) is 5.91 Å². The first-order valence-corrected chi connectivity index (χ1v) is 14.4. The predicted molar refractivity (Wildman–Crippen MR) is 165 cm³/mol. The van der Waals surface area contributed by atoms with Crippen LogP contribution in [0.3, 0.4) is 0 Å². The number of Topliss-reactive ketones (excluding diaryl/α,β-unsaturated/α-hetero) is 1. The van der Waals surface area contributed by atoms with E-state index in [-0.39, 0.29) is 25.2 Å². The summed E-state index contributed by atoms with van der Waals surface area (Å²) in [5.74, 6) is -0.810. The molecule has 0 aromatic heterocycles. The minimum Gasteiger partial charge on any atom is -0.493 e. The van der Waals surface area contributed by atoms with Crippen LogP contribution < -0.4 is 14.4 Å². The standard InChI is InChI=1S/C36H36F3NO4/c1-25-12-14-26(15-13-25)8-7-11-31(41)34(28-9-5-4-6-10-28)35(42)40(30-20-21-32(43-2)33(24-30)44-3)23-22-27-16-18-29(19-17-27)36(37,38)39/h4-6,9-10,12-21,24,34H,7-8,11,22-23H2,1-3H3. The first-order chi connectivity index (χ1) is 21.1. The molecule has 0 spiro atoms. The molecule has 1 atom stereocenters. The average molecular weight is 604 g/mol. The van der Waals surface area contributed by atoms with Crippen molar-refractivity contribution in [2.24, 2.45) is 0 Å². The lowest BCUT2D eigenvalue weighted by molar-refractivity contribution is -0.137. The molecule has 5 nitrogen and oxygen atoms in total. The third kappa shape index (κ3) is 8.28. The molecule has 4 rings (SSSR count). The quantitative estimate of drug-likeness (QED) is 0.145. The highest BCUT2D eigenvalue weighted by Crippen LogP contribution is 2.34. The molecular formula is C36H36F3NO4. The first kappa shape index (κ1) is 32.3. The van der Waals surface area contributed by atoms with E-state index in [2.05, 4.69) is 0 Å². The van der Waals surface area contributed by atoms with Crippen molar-refractivity contribution in [1.82, 2.24) is 0 Å². The van der Waals surface area contributed by atoms with Gasteiger partial charge in [0.1, 0.15) is 11.7 Å². The molecule has 0 bridgehead atoms. The van der Waals surface area contributed by atoms with Gasteiger partial charge < -0.3 is 14.4 Å². The zero-order chi connectivity index (χ0) is 31.7. The number of carbonyl (C=O) groups excluding carboxylic acids is 2. The second kappa shape index (κ2) is 14.7. The summed E-state index contributed by atoms with van der Waals surface area (Å²) in [6.45, 7) is 2.14. The molecule has 0 heterocycles. The molecule has 44 heavy (non-hydrogen) atoms. The lowest BCUT2D eigenvalue weighted by Gasteiger charge is -2.28. The number of methoxy groups -OCH3 is 2. The summed E-state index contributed by atoms with van der Waals surface area (Å²) in [6, 6.07) is 27.0. The number of ketones is 1. The van der Waals surface area contributed by atoms with E-state index in [4.69, 9.17) is 9.47 Å². The van der Waals surface area contributed by atoms with E-state index in [1.165, 1.54) is 31.3 Å². The Morgan fingerprint density at radius 3 is 2.00 bits per heavy atom. The number of carbonyl (C=O) groups is 2. The van der Waals surface area contributed by atoms with Gasteiger partial charge in [0.25, 0.3) is 0 Å². The number of ether oxygens (including phenoxy) is 2. The number of aryl methyl sites for hydroxylation is 2. The lowest BCUT2D eigenvalue weighted by atomic mass is 9.89. The number of rotatable bonds is 13. The Morgan fingerprint density at radius 2 is 1.39 bits per heavy atom. The summed E-state index contributed by atoms with van der Waals surface area (Å²) in [4.78, 5) is 29.7. The van der Waals surface area contributed by atoms with Gasteiger partial charge in [0.15, 0.2) is 11.5 Å². The van der Waals surface area contributed by atoms with E-state index >= 15 is 0 Å². The highest BCUT2D eigenvalue weighted by molar-refractivity contribution is 6.13. The normalized spacial score (nSPS) is 12.0. The van der Waals surface area contributed by atoms with E-state index in [0.29, 0.717) is 41.2 Å². The molecule has 230 valence electrons. The maximum Gasteiger partial charge on any atom is 0.416 e. The Labute approximate surface area is 256 Å². The monoisotopic (exact) mass is 603 g/mol. The van der Waals surface area contributed by atoms with Gasteiger partial charge in [0.05, 0.1) is 19.8 Å². The summed E-state index contributed by atoms with van der Waals surface area (Å²) in [5, 5.41) is 0. The fraction of sp³-hybridized carbons (Fsp3) is 0.278. The summed E-state index contributed by atoms with van der Waals surface area (Å²) in [7, 11) is 2.99. The van der Waals surface area contributed by atoms with Crippen LogP contribution in [0.2, 0.25) is 0 Å². The van der Waals surface area contributed by atoms with E-state index in [9.17, 15) is 22.8 Å². The summed E-state index contributed by atoms with van der Waals surface area (Å²) in [5.41, 5.74) is 3.22. The van der Waals surface area contributed by atoms with Crippen molar-refractivity contribution < 1.29 is 32.2 Å². The van der Waals surface area contributed by atoms with Crippen LogP contribution >= 0.6 is 0 Å². The number of benzene rings is 4. The minimum absolute atomic E-state index is 0.125. The Morgan fingerprint density at radius 1 is 0.773 bits per heavy atom. The van der Waals surface area contributed by atoms with Crippen molar-refractivity contribution in [2.45, 2.75) is 44.7 Å². The van der Waals surface area contributed by atoms with Gasteiger partial charge in [-0.3, -0.25) is 9.59 Å². The van der Waals surface area contributed by atoms with Crippen molar-refractivity contribution in [3.05, 3.63) is 125 Å². The number of nitrogens with zero attached hydrogens (tertiary/aromatic N) is 1. The van der Waals surface area contributed by atoms with Crippen LogP contribution in [0.1, 0.15) is 46.6 Å². The summed E-state index contributed by atoms with van der Waals surface area (Å²) < 4.78 is 50.2. The topological polar surface area (TPSA) is 55.8 Å². The van der Waals surface area contributed by atoms with E-state index < -0.39 is 23.6 Å². The number of alkyl halides is 3. The highest BCUT2D eigenvalue weighted by atomic mass is 19.4. The van der Waals surface area contributed by atoms with Gasteiger partial charge in [-0.05, 0) is 67.1 Å². The lowest BCUT2D eigenvalue weighted by Crippen LogP contribution is -2.39. The fourth-order valence-electron chi connectivity index (χ4n) is 5.09. The number of hydrogen-bond donors (Lipinski definition) is 0. The van der Waals surface area contributed by atoms with Gasteiger partial charge in [-0.2, -0.15) is 13.2 Å². The molecule has 8 heteroatoms. The number of amides is 1. The molecule has 0 aliphatic heterocycles. The maximum absolute atomic E-state index is 14.4. The molecule has 0 aliphatic carbocycles. The van der Waals surface area contributed by atoms with Gasteiger partial charge >= 0.3 is 6.18 Å². The molecular weight excluding hydrogens is 567 g/mol. The Balaban J connectivity index is 1.63. The molecule has 0 saturated carbocycles. The van der Waals surface area contributed by atoms with Crippen molar-refractivity contribution in [3.8, 4) is 11.5 Å². The fourth-order valence-corrected chi connectivity index (χ4v) is 5.09. The van der Waals surface area contributed by atoms with Crippen molar-refractivity contribution in [2.75, 3.05) is 25.7 Å². The Bertz CT molecular complexity index is 1530. The zero-order valence-corrected chi connectivity index (χ0v) is 25.1. The van der Waals surface area contributed by atoms with Crippen LogP contribution in [-0.4, -0.2) is 32.5 Å². The van der Waals surface area contributed by atoms with Gasteiger partial charge in [-0.15, -0.1) is 0 Å². The maximum atomic E-state index is 14.4. The first-order valence-electron chi connectivity index (χ1n) is 14.4. The van der Waals surface area contributed by atoms with Crippen LogP contribution in [0.25, 0.3) is 0 Å². The average Bonchev–Trinajstić information content (AvgIpc) is 3.02. The van der Waals surface area contributed by atoms with Crippen molar-refractivity contribution in [3.63, 3.8) is 0 Å². The van der Waals surface area contributed by atoms with Crippen molar-refractivity contribution in [1.29, 1.82) is 0 Å². The largest absolute Gasteiger partial charge is 0.493 e. The van der Waals surface area contributed by atoms with Crippen LogP contribution in [-0.2, 0) is 28.6 Å². The third-order valence-electron chi connectivity index (χ3n) is 7.56. The Hall–Kier alpha value is -4.59. The predicted octanol–water partition coefficient (Wildman–Crippen LogP) is 7.98. The van der Waals surface area contributed by atoms with Gasteiger partial charge in [-0.1, -0.05) is 72.3 Å². The van der Waals surface area contributed by atoms with E-state index in [0.717, 1.165) is 23.3 Å². The molecule has 0 N–H and O–H groups in total. The third-order valence-corrected chi connectivity index (χ3v) is 7.56. The zero-order valence-electron chi connectivity index (χ0n) is 25.1. The second-order valence-electron chi connectivity index (χ2n) is 10.6. The van der Waals surface area contributed by atoms with Gasteiger partial charge in [0, 0.05) is 24.7 Å². The Kier molecular flexibility index (Phi) is 10.8. The smallest absolute Gasteiger partial charge is 0.416 e. The summed E-state index contributed by atoms with van der Waals surface area (Å²) in [6.07, 6.45) is -2.68. The number of anilines is 1. The molecule has 1 unspecified atom stereocenters. The molecule has 0 fully saturated rings. The summed E-state index contributed by atoms with van der Waals surface area (Å²) >= 11 is 0. The molecule has 4 aromatic rings. The highest BCUT2D eigenvalue weighted by Gasteiger charge is 2.33. The van der Waals surface area contributed by atoms with Crippen LogP contribution in [0.4, 0.5) is 18.9 Å². The SMILES string of the molecule is COc1ccc(N(CCc2ccc(C(F)(F)F)cc2)C(=O)C(C(=O)CCCc2ccc(C)cc2)c2ccccc2)cc1OC. The molecule has 0 aliphatic rings. The van der Waals surface area contributed by atoms with Crippen molar-refractivity contribution >= 4 is 17.4 Å². The van der Waals surface area contributed by atoms with Crippen LogP contribution in [0, 0.1) is 6.92 Å². The number of hydrogen-bond acceptors (Lipinski definition) is 4. The van der Waals surface area contributed by atoms with Crippen LogP contribution in [0.15, 0.2) is 97.1 Å². The molecule has 1 amide bonds. The minimum atomic E-state index is -4.44. The molecule has 0 saturated heterocycles. The number of halogens is 3. The van der Waals surface area contributed by atoms with E-state index in [1.807, 2.05) is 37.3 Å². The molecule has 4 aromatic carbocycles. The van der Waals surface area contributed by atoms with Gasteiger partial charge in [-0.25, -0.2) is 0 Å². The second-order valence-corrected chi connectivity index (χ2v) is 10.6. The molecule has 0 radical (unpaired) electrons.